The van der Waals surface area contributed by atoms with Crippen molar-refractivity contribution in [2.45, 2.75) is 137 Å². The number of likely N-dealkylation sites (tertiary alicyclic amines) is 2. The summed E-state index contributed by atoms with van der Waals surface area (Å²) >= 11 is 16.0. The summed E-state index contributed by atoms with van der Waals surface area (Å²) in [4.78, 5) is 52.8. The molecule has 144 heavy (non-hydrogen) atoms. The Morgan fingerprint density at radius 1 is 0.458 bits per heavy atom. The van der Waals surface area contributed by atoms with Crippen molar-refractivity contribution in [2.75, 3.05) is 155 Å². The Bertz CT molecular complexity index is 7130. The van der Waals surface area contributed by atoms with Crippen LogP contribution in [0.4, 0.5) is 54.3 Å². The number of sulfone groups is 1. The zero-order valence-corrected chi connectivity index (χ0v) is 88.8. The van der Waals surface area contributed by atoms with Gasteiger partial charge in [0.05, 0.1) is 49.2 Å². The van der Waals surface area contributed by atoms with E-state index in [0.29, 0.717) is 156 Å². The Morgan fingerprint density at radius 2 is 0.847 bits per heavy atom. The van der Waals surface area contributed by atoms with Crippen LogP contribution >= 0.6 is 46.7 Å². The van der Waals surface area contributed by atoms with Crippen molar-refractivity contribution in [1.29, 1.82) is 0 Å². The summed E-state index contributed by atoms with van der Waals surface area (Å²) in [5.74, 6) is -2.03. The maximum Gasteiger partial charge on any atom is 0.311 e. The highest BCUT2D eigenvalue weighted by atomic mass is 35.5. The van der Waals surface area contributed by atoms with Crippen molar-refractivity contribution in [3.05, 3.63) is 280 Å². The minimum atomic E-state index is -3.94. The topological polar surface area (TPSA) is 318 Å². The first-order valence-electron chi connectivity index (χ1n) is 48.0. The van der Waals surface area contributed by atoms with Gasteiger partial charge in [0.25, 0.3) is 26.0 Å². The lowest BCUT2D eigenvalue weighted by Crippen LogP contribution is -2.59. The molecule has 12 aromatic rings. The third-order valence-electron chi connectivity index (χ3n) is 26.9. The quantitative estimate of drug-likeness (QED) is 0.0178. The molecule has 4 aliphatic heterocycles. The van der Waals surface area contributed by atoms with Gasteiger partial charge in [0, 0.05) is 208 Å². The number of amides is 1. The number of hydrogen-bond acceptors (Lipinski definition) is 21. The molecular formula is C108H123Cl2F2N13O13S6. The summed E-state index contributed by atoms with van der Waals surface area (Å²) in [5.41, 5.74) is 12.2. The van der Waals surface area contributed by atoms with Crippen LogP contribution in [0.2, 0.25) is 10.0 Å². The second kappa shape index (κ2) is 45.6. The number of halogens is 4. The van der Waals surface area contributed by atoms with Crippen molar-refractivity contribution >= 4 is 150 Å². The van der Waals surface area contributed by atoms with E-state index in [0.717, 1.165) is 112 Å². The molecule has 762 valence electrons. The zero-order valence-electron chi connectivity index (χ0n) is 82.4. The molecule has 16 rings (SSSR count). The van der Waals surface area contributed by atoms with Crippen LogP contribution in [0, 0.1) is 50.7 Å². The summed E-state index contributed by atoms with van der Waals surface area (Å²) in [6, 6.07) is 68.6. The van der Waals surface area contributed by atoms with E-state index >= 15 is 8.78 Å². The second-order valence-electron chi connectivity index (χ2n) is 38.4. The molecule has 6 heterocycles. The van der Waals surface area contributed by atoms with E-state index in [4.69, 9.17) is 23.2 Å². The fraction of sp³-hybridized carbons (Fsp3) is 0.343. The molecule has 4 aliphatic rings. The third kappa shape index (κ3) is 26.1. The highest BCUT2D eigenvalue weighted by Gasteiger charge is 2.45. The molecule has 0 unspecified atom stereocenters. The van der Waals surface area contributed by atoms with Crippen LogP contribution < -0.4 is 44.4 Å². The minimum absolute atomic E-state index is 0.0434. The van der Waals surface area contributed by atoms with E-state index in [2.05, 4.69) is 78.5 Å². The van der Waals surface area contributed by atoms with Gasteiger partial charge in [-0.15, -0.1) is 23.5 Å². The number of carbonyl (C=O) groups excluding carboxylic acids is 1. The molecule has 0 spiro atoms. The molecule has 0 radical (unpaired) electrons. The number of sulfonamides is 3. The van der Waals surface area contributed by atoms with Gasteiger partial charge in [0.15, 0.2) is 9.84 Å². The maximum atomic E-state index is 15.9. The Labute approximate surface area is 862 Å². The predicted octanol–water partition coefficient (Wildman–Crippen LogP) is 21.1. The molecular weight excluding hydrogens is 1990 g/mol. The normalized spacial score (nSPS) is 15.5. The van der Waals surface area contributed by atoms with Gasteiger partial charge >= 0.3 is 11.9 Å². The molecule has 36 heteroatoms. The lowest BCUT2D eigenvalue weighted by atomic mass is 9.82. The average Bonchev–Trinajstić information content (AvgIpc) is 1.58. The number of aryl methyl sites for hydroxylation is 2. The van der Waals surface area contributed by atoms with Gasteiger partial charge in [-0.1, -0.05) is 83.9 Å². The van der Waals surface area contributed by atoms with Crippen molar-refractivity contribution in [3.8, 4) is 44.8 Å². The summed E-state index contributed by atoms with van der Waals surface area (Å²) < 4.78 is 150. The van der Waals surface area contributed by atoms with Gasteiger partial charge in [-0.05, 0) is 304 Å². The Balaban J connectivity index is 0.000000217. The molecule has 26 nitrogen and oxygen atoms in total. The number of thioether (sulfide) groups is 2. The number of piperazine rings is 2. The maximum absolute atomic E-state index is 15.9. The lowest BCUT2D eigenvalue weighted by molar-refractivity contribution is -0.158. The number of piperidine rings is 1. The number of carboxylic acid groups (broad SMARTS) is 2. The molecule has 7 N–H and O–H groups in total. The molecule has 0 bridgehead atoms. The van der Waals surface area contributed by atoms with Crippen LogP contribution in [0.1, 0.15) is 105 Å². The van der Waals surface area contributed by atoms with E-state index in [1.165, 1.54) is 30.5 Å². The molecule has 10 aromatic carbocycles. The first-order valence-corrected chi connectivity index (χ1v) is 57.5. The van der Waals surface area contributed by atoms with Gasteiger partial charge < -0.3 is 59.4 Å². The van der Waals surface area contributed by atoms with Crippen molar-refractivity contribution in [2.24, 2.45) is 11.3 Å². The molecule has 2 atom stereocenters. The molecule has 0 aliphatic carbocycles. The molecule has 2 aromatic heterocycles. The van der Waals surface area contributed by atoms with Crippen LogP contribution in [-0.2, 0) is 49.5 Å². The number of nitrogens with zero attached hydrogens (tertiary/aromatic N) is 8. The average molecular weight is 2110 g/mol. The van der Waals surface area contributed by atoms with Crippen molar-refractivity contribution in [3.63, 3.8) is 0 Å². The Morgan fingerprint density at radius 3 is 1.23 bits per heavy atom. The number of carbonyl (C=O) groups is 3. The standard InChI is InChI=1S/C55H63ClFN7O7S3.C53H60ClFN6O6S3/c1-36(2)64-38(4)51(54(65)60-73(5,68)69)52(53(64)39-11-13-42(56)14-12-39)41-32-43(57)34-47(33-41)63-29-27-62(28-30-63)46-17-15-44(16-18-46)59-74(70,71)49-19-20-50(37(3)31-49)58-45(35-72-48-9-7-6-8-10-48)23-26-61-24-21-40(22-25-61)55(66)67;1-35(2)61-37(4)51(69(6,64)65)49(50(61)38-12-14-40(54)15-13-38)39-29-41(55)31-45(30-39)60-26-24-59(25-27-60)44-18-16-42(17-19-44)57-70(66,67)47-20-21-48(36(3)28-47)56-43(32-68-46-10-8-7-9-11-46)22-23-58-33-53(5,34-58)52(62)63/h6-20,31-34,36,40,45,58-59H,21-30,35H2,1-5H3,(H,60,65)(H,66,67);7-21,28-31,35,43,56-57H,22-27,32-34H2,1-6H3,(H,62,63)/t45-;43-/m11/s1. The number of nitrogens with one attached hydrogen (secondary N) is 5. The minimum Gasteiger partial charge on any atom is -0.481 e. The largest absolute Gasteiger partial charge is 0.481 e. The van der Waals surface area contributed by atoms with Gasteiger partial charge in [-0.2, -0.15) is 0 Å². The van der Waals surface area contributed by atoms with E-state index < -0.39 is 74.8 Å². The van der Waals surface area contributed by atoms with E-state index in [1.807, 2.05) is 154 Å². The fourth-order valence-corrected chi connectivity index (χ4v) is 25.8. The van der Waals surface area contributed by atoms with Gasteiger partial charge in [-0.25, -0.2) is 47.2 Å². The smallest absolute Gasteiger partial charge is 0.311 e. The summed E-state index contributed by atoms with van der Waals surface area (Å²) in [7, 11) is -15.6. The number of aromatic nitrogens is 2. The van der Waals surface area contributed by atoms with E-state index in [-0.39, 0.29) is 50.3 Å². The summed E-state index contributed by atoms with van der Waals surface area (Å²) in [6.45, 7) is 25.7. The fourth-order valence-electron chi connectivity index (χ4n) is 19.6. The van der Waals surface area contributed by atoms with E-state index in [9.17, 15) is 58.3 Å². The van der Waals surface area contributed by atoms with Crippen LogP contribution in [0.5, 0.6) is 0 Å². The predicted molar refractivity (Wildman–Crippen MR) is 579 cm³/mol. The SMILES string of the molecule is Cc1cc(S(=O)(=O)Nc2ccc(N3CCN(c4cc(F)cc(-c5c(C(=O)NS(C)(=O)=O)c(C)n(C(C)C)c5-c5ccc(Cl)cc5)c4)CC3)cc2)ccc1N[C@H](CCN1CCC(C(=O)O)CC1)CSc1ccccc1.Cc1cc(S(=O)(=O)Nc2ccc(N3CCN(c4cc(F)cc(-c5c(S(C)(=O)=O)c(C)n(C(C)C)c5-c5ccc(Cl)cc5)c4)CC3)cc2)ccc1N[C@H](CCN1CC(C)(C(=O)O)C1)CSc1ccccc1. The van der Waals surface area contributed by atoms with Crippen LogP contribution in [0.15, 0.2) is 255 Å². The third-order valence-corrected chi connectivity index (χ3v) is 34.3. The molecule has 4 fully saturated rings. The Kier molecular flexibility index (Phi) is 33.8. The monoisotopic (exact) mass is 2110 g/mol. The second-order valence-corrected chi connectivity index (χ2v) is 48.5. The van der Waals surface area contributed by atoms with Crippen LogP contribution in [-0.4, -0.2) is 208 Å². The van der Waals surface area contributed by atoms with Gasteiger partial charge in [-0.3, -0.25) is 23.8 Å². The highest BCUT2D eigenvalue weighted by molar-refractivity contribution is 7.99. The molecule has 0 saturated carbocycles. The number of rotatable bonds is 37. The number of aliphatic carboxylic acids is 2. The van der Waals surface area contributed by atoms with Crippen LogP contribution in [0.25, 0.3) is 44.8 Å². The number of benzene rings is 10. The summed E-state index contributed by atoms with van der Waals surface area (Å²) in [6.07, 6.45) is 5.02. The van der Waals surface area contributed by atoms with Gasteiger partial charge in [0.2, 0.25) is 10.0 Å². The number of carboxylic acids is 2. The highest BCUT2D eigenvalue weighted by Crippen LogP contribution is 2.48. The number of hydrogen-bond donors (Lipinski definition) is 7. The van der Waals surface area contributed by atoms with E-state index in [1.54, 1.807) is 123 Å². The molecule has 4 saturated heterocycles. The number of anilines is 8. The summed E-state index contributed by atoms with van der Waals surface area (Å²) in [5, 5.41) is 27.4. The first kappa shape index (κ1) is 107. The molecule has 1 amide bonds. The Hall–Kier alpha value is -11.6. The van der Waals surface area contributed by atoms with Crippen LogP contribution in [0.3, 0.4) is 0 Å². The zero-order chi connectivity index (χ0) is 103. The van der Waals surface area contributed by atoms with Gasteiger partial charge in [0.1, 0.15) is 11.6 Å². The van der Waals surface area contributed by atoms with Crippen molar-refractivity contribution < 1.29 is 67.0 Å². The first-order chi connectivity index (χ1) is 68.4. The van der Waals surface area contributed by atoms with Crippen molar-refractivity contribution in [1.82, 2.24) is 23.7 Å². The lowest BCUT2D eigenvalue weighted by Gasteiger charge is -2.45.